The van der Waals surface area contributed by atoms with Crippen molar-refractivity contribution in [3.63, 3.8) is 0 Å². The summed E-state index contributed by atoms with van der Waals surface area (Å²) in [5.74, 6) is -0.244. The first kappa shape index (κ1) is 15.1. The summed E-state index contributed by atoms with van der Waals surface area (Å²) in [5.41, 5.74) is 0.657. The van der Waals surface area contributed by atoms with Crippen LogP contribution in [0.2, 0.25) is 0 Å². The highest BCUT2D eigenvalue weighted by Crippen LogP contribution is 2.28. The standard InChI is InChI=1S/C13H16F3NO3/c1-17-12(11-8-18-5-6-19-11)9-3-2-4-10(7-9)20-13(14,15)16/h2-4,7,11-12,17H,5-6,8H2,1H3. The molecule has 7 heteroatoms. The van der Waals surface area contributed by atoms with Crippen LogP contribution in [0.5, 0.6) is 5.75 Å². The SMILES string of the molecule is CNC(c1cccc(OC(F)(F)F)c1)C1COCCO1. The molecule has 2 unspecified atom stereocenters. The van der Waals surface area contributed by atoms with Crippen molar-refractivity contribution in [3.8, 4) is 5.75 Å². The highest BCUT2D eigenvalue weighted by atomic mass is 19.4. The third-order valence-corrected chi connectivity index (χ3v) is 2.98. The quantitative estimate of drug-likeness (QED) is 0.923. The molecular weight excluding hydrogens is 275 g/mol. The van der Waals surface area contributed by atoms with Gasteiger partial charge in [-0.1, -0.05) is 12.1 Å². The van der Waals surface area contributed by atoms with Gasteiger partial charge in [-0.3, -0.25) is 0 Å². The lowest BCUT2D eigenvalue weighted by atomic mass is 10.0. The van der Waals surface area contributed by atoms with Gasteiger partial charge in [0, 0.05) is 0 Å². The molecule has 0 bridgehead atoms. The van der Waals surface area contributed by atoms with Crippen molar-refractivity contribution in [1.82, 2.24) is 5.32 Å². The van der Waals surface area contributed by atoms with Gasteiger partial charge in [-0.2, -0.15) is 0 Å². The van der Waals surface area contributed by atoms with Crippen LogP contribution >= 0.6 is 0 Å². The van der Waals surface area contributed by atoms with E-state index in [9.17, 15) is 13.2 Å². The molecule has 0 radical (unpaired) electrons. The minimum Gasteiger partial charge on any atom is -0.406 e. The lowest BCUT2D eigenvalue weighted by Gasteiger charge is -2.30. The summed E-state index contributed by atoms with van der Waals surface area (Å²) in [5, 5.41) is 3.04. The van der Waals surface area contributed by atoms with Crippen molar-refractivity contribution in [2.45, 2.75) is 18.5 Å². The van der Waals surface area contributed by atoms with Crippen molar-refractivity contribution in [3.05, 3.63) is 29.8 Å². The maximum Gasteiger partial charge on any atom is 0.573 e. The predicted molar refractivity (Wildman–Crippen MR) is 65.5 cm³/mol. The van der Waals surface area contributed by atoms with Crippen LogP contribution in [0.4, 0.5) is 13.2 Å². The minimum atomic E-state index is -4.70. The Morgan fingerprint density at radius 3 is 2.75 bits per heavy atom. The Bertz CT molecular complexity index is 433. The number of rotatable bonds is 4. The molecule has 1 aliphatic heterocycles. The van der Waals surface area contributed by atoms with Gasteiger partial charge in [-0.15, -0.1) is 13.2 Å². The fourth-order valence-corrected chi connectivity index (χ4v) is 2.17. The van der Waals surface area contributed by atoms with Gasteiger partial charge in [-0.25, -0.2) is 0 Å². The molecule has 2 atom stereocenters. The molecule has 0 spiro atoms. The van der Waals surface area contributed by atoms with E-state index in [1.807, 2.05) is 0 Å². The highest BCUT2D eigenvalue weighted by molar-refractivity contribution is 5.31. The smallest absolute Gasteiger partial charge is 0.406 e. The molecular formula is C13H16F3NO3. The number of alkyl halides is 3. The van der Waals surface area contributed by atoms with Crippen LogP contribution in [0.15, 0.2) is 24.3 Å². The topological polar surface area (TPSA) is 39.7 Å². The number of benzene rings is 1. The van der Waals surface area contributed by atoms with Crippen molar-refractivity contribution in [2.75, 3.05) is 26.9 Å². The van der Waals surface area contributed by atoms with Gasteiger partial charge in [-0.05, 0) is 24.7 Å². The minimum absolute atomic E-state index is 0.241. The Labute approximate surface area is 114 Å². The third kappa shape index (κ3) is 4.09. The molecule has 112 valence electrons. The number of hydrogen-bond donors (Lipinski definition) is 1. The Balaban J connectivity index is 2.14. The second-order valence-corrected chi connectivity index (χ2v) is 4.37. The van der Waals surface area contributed by atoms with Crippen molar-refractivity contribution < 1.29 is 27.4 Å². The maximum absolute atomic E-state index is 12.2. The molecule has 0 aliphatic carbocycles. The average Bonchev–Trinajstić information content (AvgIpc) is 2.39. The number of hydrogen-bond acceptors (Lipinski definition) is 4. The zero-order valence-corrected chi connectivity index (χ0v) is 10.9. The van der Waals surface area contributed by atoms with Gasteiger partial charge in [0.15, 0.2) is 0 Å². The van der Waals surface area contributed by atoms with Crippen molar-refractivity contribution in [2.24, 2.45) is 0 Å². The fraction of sp³-hybridized carbons (Fsp3) is 0.538. The van der Waals surface area contributed by atoms with Crippen LogP contribution < -0.4 is 10.1 Å². The second kappa shape index (κ2) is 6.43. The zero-order chi connectivity index (χ0) is 14.6. The van der Waals surface area contributed by atoms with Gasteiger partial charge in [0.2, 0.25) is 0 Å². The van der Waals surface area contributed by atoms with Crippen LogP contribution in [0.25, 0.3) is 0 Å². The first-order valence-electron chi connectivity index (χ1n) is 6.22. The first-order valence-corrected chi connectivity index (χ1v) is 6.22. The molecule has 2 rings (SSSR count). The molecule has 0 amide bonds. The molecule has 1 saturated heterocycles. The molecule has 1 N–H and O–H groups in total. The van der Waals surface area contributed by atoms with Gasteiger partial charge in [0.25, 0.3) is 0 Å². The summed E-state index contributed by atoms with van der Waals surface area (Å²) in [6, 6.07) is 5.61. The summed E-state index contributed by atoms with van der Waals surface area (Å²) in [4.78, 5) is 0. The maximum atomic E-state index is 12.2. The lowest BCUT2D eigenvalue weighted by Crippen LogP contribution is -2.39. The molecule has 0 saturated carbocycles. The van der Waals surface area contributed by atoms with E-state index in [1.165, 1.54) is 18.2 Å². The van der Waals surface area contributed by atoms with E-state index in [0.717, 1.165) is 0 Å². The van der Waals surface area contributed by atoms with Gasteiger partial charge in [0.1, 0.15) is 11.9 Å². The van der Waals surface area contributed by atoms with E-state index >= 15 is 0 Å². The monoisotopic (exact) mass is 291 g/mol. The summed E-state index contributed by atoms with van der Waals surface area (Å²) >= 11 is 0. The van der Waals surface area contributed by atoms with Crippen LogP contribution in [0.3, 0.4) is 0 Å². The molecule has 1 aliphatic rings. The number of nitrogens with one attached hydrogen (secondary N) is 1. The molecule has 0 aromatic heterocycles. The molecule has 4 nitrogen and oxygen atoms in total. The zero-order valence-electron chi connectivity index (χ0n) is 10.9. The largest absolute Gasteiger partial charge is 0.573 e. The van der Waals surface area contributed by atoms with Crippen molar-refractivity contribution in [1.29, 1.82) is 0 Å². The molecule has 20 heavy (non-hydrogen) atoms. The van der Waals surface area contributed by atoms with E-state index in [1.54, 1.807) is 13.1 Å². The van der Waals surface area contributed by atoms with Crippen LogP contribution in [-0.4, -0.2) is 39.3 Å². The Hall–Kier alpha value is -1.31. The van der Waals surface area contributed by atoms with E-state index in [2.05, 4.69) is 10.1 Å². The van der Waals surface area contributed by atoms with E-state index in [0.29, 0.717) is 25.4 Å². The predicted octanol–water partition coefficient (Wildman–Crippen LogP) is 2.26. The Morgan fingerprint density at radius 2 is 2.15 bits per heavy atom. The molecule has 1 aromatic rings. The van der Waals surface area contributed by atoms with E-state index in [4.69, 9.17) is 9.47 Å². The number of halogens is 3. The summed E-state index contributed by atoms with van der Waals surface area (Å²) in [6.07, 6.45) is -4.94. The Morgan fingerprint density at radius 1 is 1.35 bits per heavy atom. The van der Waals surface area contributed by atoms with Crippen molar-refractivity contribution >= 4 is 0 Å². The number of ether oxygens (including phenoxy) is 3. The molecule has 1 fully saturated rings. The third-order valence-electron chi connectivity index (χ3n) is 2.98. The molecule has 1 heterocycles. The number of likely N-dealkylation sites (N-methyl/N-ethyl adjacent to an activating group) is 1. The van der Waals surface area contributed by atoms with E-state index in [-0.39, 0.29) is 17.9 Å². The lowest BCUT2D eigenvalue weighted by molar-refractivity contribution is -0.274. The van der Waals surface area contributed by atoms with Crippen LogP contribution in [0, 0.1) is 0 Å². The highest BCUT2D eigenvalue weighted by Gasteiger charge is 2.32. The summed E-state index contributed by atoms with van der Waals surface area (Å²) in [7, 11) is 1.72. The second-order valence-electron chi connectivity index (χ2n) is 4.37. The molecule has 1 aromatic carbocycles. The fourth-order valence-electron chi connectivity index (χ4n) is 2.17. The average molecular weight is 291 g/mol. The summed E-state index contributed by atoms with van der Waals surface area (Å²) in [6.45, 7) is 1.40. The normalized spacial score (nSPS) is 21.5. The first-order chi connectivity index (χ1) is 9.49. The summed E-state index contributed by atoms with van der Waals surface area (Å²) < 4.78 is 51.5. The van der Waals surface area contributed by atoms with Gasteiger partial charge >= 0.3 is 6.36 Å². The van der Waals surface area contributed by atoms with Gasteiger partial charge < -0.3 is 19.5 Å². The van der Waals surface area contributed by atoms with Gasteiger partial charge in [0.05, 0.1) is 25.9 Å². The Kier molecular flexibility index (Phi) is 4.85. The van der Waals surface area contributed by atoms with E-state index < -0.39 is 6.36 Å². The van der Waals surface area contributed by atoms with Crippen LogP contribution in [-0.2, 0) is 9.47 Å². The van der Waals surface area contributed by atoms with Crippen LogP contribution in [0.1, 0.15) is 11.6 Å².